The first kappa shape index (κ1) is 17.0. The van der Waals surface area contributed by atoms with E-state index in [1.807, 2.05) is 0 Å². The Morgan fingerprint density at radius 2 is 2.00 bits per heavy atom. The van der Waals surface area contributed by atoms with Gasteiger partial charge in [0.25, 0.3) is 5.56 Å². The molecule has 0 radical (unpaired) electrons. The number of halogens is 3. The van der Waals surface area contributed by atoms with E-state index in [4.69, 9.17) is 0 Å². The molecular formula is C14H10F3N5O2S. The van der Waals surface area contributed by atoms with Crippen LogP contribution >= 0.6 is 11.8 Å². The number of nitrogens with one attached hydrogen (secondary N) is 2. The molecule has 2 heterocycles. The lowest BCUT2D eigenvalue weighted by Gasteiger charge is -2.13. The van der Waals surface area contributed by atoms with E-state index >= 15 is 0 Å². The molecule has 0 saturated heterocycles. The van der Waals surface area contributed by atoms with Crippen molar-refractivity contribution in [1.82, 2.24) is 19.6 Å². The van der Waals surface area contributed by atoms with E-state index in [9.17, 15) is 22.8 Å². The smallest absolute Gasteiger partial charge is 0.325 e. The molecule has 1 amide bonds. The Hall–Kier alpha value is -2.82. The standard InChI is InChI=1S/C14H10F3N5O2S/c15-14(16,17)8-3-1-2-4-9(8)18-11(24)7-25-13-21-20-12-19-10(23)5-6-22(12)13/h1-6H,7H2,(H,18,24)(H,19,20,23). The number of benzene rings is 1. The minimum absolute atomic E-state index is 0.174. The number of aromatic amines is 1. The van der Waals surface area contributed by atoms with Gasteiger partial charge in [0.1, 0.15) is 0 Å². The van der Waals surface area contributed by atoms with Crippen LogP contribution in [0.2, 0.25) is 0 Å². The van der Waals surface area contributed by atoms with E-state index in [-0.39, 0.29) is 22.8 Å². The lowest BCUT2D eigenvalue weighted by atomic mass is 10.1. The number of anilines is 1. The van der Waals surface area contributed by atoms with E-state index in [0.29, 0.717) is 5.16 Å². The fourth-order valence-corrected chi connectivity index (χ4v) is 2.76. The van der Waals surface area contributed by atoms with Crippen LogP contribution in [0.3, 0.4) is 0 Å². The van der Waals surface area contributed by atoms with Crippen LogP contribution in [-0.2, 0) is 11.0 Å². The van der Waals surface area contributed by atoms with Crippen LogP contribution in [0.1, 0.15) is 5.56 Å². The molecule has 3 aromatic rings. The molecule has 130 valence electrons. The van der Waals surface area contributed by atoms with Crippen LogP contribution in [0.15, 0.2) is 46.5 Å². The van der Waals surface area contributed by atoms with Crippen molar-refractivity contribution in [3.8, 4) is 0 Å². The fourth-order valence-electron chi connectivity index (χ4n) is 2.04. The predicted molar refractivity (Wildman–Crippen MR) is 84.4 cm³/mol. The lowest BCUT2D eigenvalue weighted by molar-refractivity contribution is -0.137. The van der Waals surface area contributed by atoms with Gasteiger partial charge in [-0.15, -0.1) is 10.2 Å². The molecule has 2 aromatic heterocycles. The van der Waals surface area contributed by atoms with Gasteiger partial charge in [0, 0.05) is 12.3 Å². The predicted octanol–water partition coefficient (Wildman–Crippen LogP) is 2.17. The number of alkyl halides is 3. The van der Waals surface area contributed by atoms with E-state index in [1.54, 1.807) is 0 Å². The summed E-state index contributed by atoms with van der Waals surface area (Å²) < 4.78 is 40.2. The molecule has 25 heavy (non-hydrogen) atoms. The van der Waals surface area contributed by atoms with Crippen molar-refractivity contribution in [3.63, 3.8) is 0 Å². The number of carbonyl (C=O) groups is 1. The molecule has 1 aromatic carbocycles. The second-order valence-corrected chi connectivity index (χ2v) is 5.80. The van der Waals surface area contributed by atoms with Gasteiger partial charge >= 0.3 is 6.18 Å². The van der Waals surface area contributed by atoms with Crippen LogP contribution in [-0.4, -0.2) is 31.2 Å². The van der Waals surface area contributed by atoms with Crippen LogP contribution in [0.4, 0.5) is 18.9 Å². The van der Waals surface area contributed by atoms with E-state index in [2.05, 4.69) is 20.5 Å². The Labute approximate surface area is 142 Å². The van der Waals surface area contributed by atoms with E-state index in [1.165, 1.54) is 34.9 Å². The molecule has 7 nitrogen and oxygen atoms in total. The molecule has 0 fully saturated rings. The van der Waals surface area contributed by atoms with Gasteiger partial charge in [-0.05, 0) is 12.1 Å². The number of H-pyrrole nitrogens is 1. The van der Waals surface area contributed by atoms with Gasteiger partial charge in [0.15, 0.2) is 5.16 Å². The van der Waals surface area contributed by atoms with Crippen molar-refractivity contribution in [3.05, 3.63) is 52.4 Å². The zero-order chi connectivity index (χ0) is 18.0. The van der Waals surface area contributed by atoms with Gasteiger partial charge in [0.2, 0.25) is 11.7 Å². The number of fused-ring (bicyclic) bond motifs is 1. The third-order valence-electron chi connectivity index (χ3n) is 3.11. The fraction of sp³-hybridized carbons (Fsp3) is 0.143. The number of hydrogen-bond donors (Lipinski definition) is 2. The molecule has 0 aliphatic heterocycles. The highest BCUT2D eigenvalue weighted by Gasteiger charge is 2.33. The normalized spacial score (nSPS) is 11.6. The summed E-state index contributed by atoms with van der Waals surface area (Å²) in [5, 5.41) is 10.1. The topological polar surface area (TPSA) is 92.2 Å². The summed E-state index contributed by atoms with van der Waals surface area (Å²) in [5.41, 5.74) is -1.58. The molecule has 3 rings (SSSR count). The zero-order valence-electron chi connectivity index (χ0n) is 12.4. The molecule has 0 aliphatic carbocycles. The van der Waals surface area contributed by atoms with Gasteiger partial charge < -0.3 is 5.32 Å². The molecule has 0 bridgehead atoms. The molecule has 0 saturated carbocycles. The van der Waals surface area contributed by atoms with Gasteiger partial charge in [-0.3, -0.25) is 19.0 Å². The minimum atomic E-state index is -4.56. The highest BCUT2D eigenvalue weighted by molar-refractivity contribution is 7.99. The van der Waals surface area contributed by atoms with Crippen molar-refractivity contribution in [2.75, 3.05) is 11.1 Å². The second-order valence-electron chi connectivity index (χ2n) is 4.86. The number of para-hydroxylation sites is 1. The highest BCUT2D eigenvalue weighted by atomic mass is 32.2. The lowest BCUT2D eigenvalue weighted by Crippen LogP contribution is -2.18. The highest BCUT2D eigenvalue weighted by Crippen LogP contribution is 2.34. The van der Waals surface area contributed by atoms with Crippen LogP contribution in [0.25, 0.3) is 5.78 Å². The van der Waals surface area contributed by atoms with Crippen molar-refractivity contribution in [1.29, 1.82) is 0 Å². The van der Waals surface area contributed by atoms with Crippen molar-refractivity contribution in [2.24, 2.45) is 0 Å². The van der Waals surface area contributed by atoms with Crippen molar-refractivity contribution >= 4 is 29.1 Å². The van der Waals surface area contributed by atoms with Gasteiger partial charge in [-0.1, -0.05) is 23.9 Å². The summed E-state index contributed by atoms with van der Waals surface area (Å²) in [4.78, 5) is 25.6. The SMILES string of the molecule is O=C(CSc1nnc2[nH]c(=O)ccn12)Nc1ccccc1C(F)(F)F. The average molecular weight is 369 g/mol. The number of amides is 1. The van der Waals surface area contributed by atoms with Crippen molar-refractivity contribution in [2.45, 2.75) is 11.3 Å². The van der Waals surface area contributed by atoms with Gasteiger partial charge in [0.05, 0.1) is 17.0 Å². The first-order valence-corrected chi connectivity index (χ1v) is 7.86. The number of hydrogen-bond acceptors (Lipinski definition) is 5. The summed E-state index contributed by atoms with van der Waals surface area (Å²) in [6.07, 6.45) is -3.13. The number of aromatic nitrogens is 4. The summed E-state index contributed by atoms with van der Waals surface area (Å²) in [6, 6.07) is 5.99. The number of carbonyl (C=O) groups excluding carboxylic acids is 1. The molecule has 0 spiro atoms. The van der Waals surface area contributed by atoms with E-state index in [0.717, 1.165) is 17.8 Å². The summed E-state index contributed by atoms with van der Waals surface area (Å²) in [6.45, 7) is 0. The first-order chi connectivity index (χ1) is 11.8. The first-order valence-electron chi connectivity index (χ1n) is 6.87. The number of thioether (sulfide) groups is 1. The Bertz CT molecular complexity index is 982. The van der Waals surface area contributed by atoms with Gasteiger partial charge in [-0.25, -0.2) is 0 Å². The monoisotopic (exact) mass is 369 g/mol. The summed E-state index contributed by atoms with van der Waals surface area (Å²) >= 11 is 0.977. The van der Waals surface area contributed by atoms with Gasteiger partial charge in [-0.2, -0.15) is 13.2 Å². The van der Waals surface area contributed by atoms with Crippen molar-refractivity contribution < 1.29 is 18.0 Å². The van der Waals surface area contributed by atoms with Crippen LogP contribution in [0.5, 0.6) is 0 Å². The Morgan fingerprint density at radius 3 is 2.76 bits per heavy atom. The maximum atomic E-state index is 12.9. The van der Waals surface area contributed by atoms with Crippen LogP contribution in [0, 0.1) is 0 Å². The number of nitrogens with zero attached hydrogens (tertiary/aromatic N) is 3. The zero-order valence-corrected chi connectivity index (χ0v) is 13.2. The Kier molecular flexibility index (Phi) is 4.49. The molecule has 0 atom stereocenters. The maximum absolute atomic E-state index is 12.9. The third-order valence-corrected chi connectivity index (χ3v) is 4.06. The number of rotatable bonds is 4. The average Bonchev–Trinajstić information content (AvgIpc) is 2.94. The minimum Gasteiger partial charge on any atom is -0.325 e. The van der Waals surface area contributed by atoms with Crippen LogP contribution < -0.4 is 10.9 Å². The Balaban J connectivity index is 1.70. The van der Waals surface area contributed by atoms with E-state index < -0.39 is 17.6 Å². The summed E-state index contributed by atoms with van der Waals surface area (Å²) in [5.74, 6) is -0.591. The molecule has 0 unspecified atom stereocenters. The molecular weight excluding hydrogens is 359 g/mol. The molecule has 11 heteroatoms. The summed E-state index contributed by atoms with van der Waals surface area (Å²) in [7, 11) is 0. The third kappa shape index (κ3) is 3.82. The second kappa shape index (κ2) is 6.59. The largest absolute Gasteiger partial charge is 0.418 e. The maximum Gasteiger partial charge on any atom is 0.418 e. The molecule has 0 aliphatic rings. The Morgan fingerprint density at radius 1 is 1.24 bits per heavy atom. The molecule has 2 N–H and O–H groups in total. The quantitative estimate of drug-likeness (QED) is 0.688.